The van der Waals surface area contributed by atoms with Gasteiger partial charge in [-0.25, -0.2) is 13.1 Å². The summed E-state index contributed by atoms with van der Waals surface area (Å²) in [5.74, 6) is -0.110. The Morgan fingerprint density at radius 2 is 1.70 bits per heavy atom. The summed E-state index contributed by atoms with van der Waals surface area (Å²) in [6.07, 6.45) is 6.57. The van der Waals surface area contributed by atoms with Gasteiger partial charge in [-0.05, 0) is 56.2 Å². The van der Waals surface area contributed by atoms with Gasteiger partial charge in [0.2, 0.25) is 15.9 Å². The minimum Gasteiger partial charge on any atom is -0.332 e. The molecule has 0 saturated heterocycles. The number of amides is 1. The van der Waals surface area contributed by atoms with E-state index in [9.17, 15) is 13.2 Å². The first kappa shape index (κ1) is 23.5. The van der Waals surface area contributed by atoms with Crippen LogP contribution in [-0.2, 0) is 14.8 Å². The standard InChI is InChI=1S/C19H31N3O3S2/c1-4-6-7-8-9-10-18(23)21-19(26)20-16-11-13-17(14-12-16)27(24,25)22-15(3)5-2/h11-15,22H,4-10H2,1-3H3,(H2,20,21,23,26). The number of benzene rings is 1. The maximum absolute atomic E-state index is 12.2. The van der Waals surface area contributed by atoms with E-state index >= 15 is 0 Å². The molecule has 152 valence electrons. The average molecular weight is 414 g/mol. The van der Waals surface area contributed by atoms with Gasteiger partial charge < -0.3 is 10.6 Å². The highest BCUT2D eigenvalue weighted by Crippen LogP contribution is 2.15. The van der Waals surface area contributed by atoms with Crippen LogP contribution in [0, 0.1) is 0 Å². The van der Waals surface area contributed by atoms with Crippen molar-refractivity contribution in [2.45, 2.75) is 76.7 Å². The SMILES string of the molecule is CCCCCCCC(=O)NC(=S)Nc1ccc(S(=O)(=O)NC(C)CC)cc1. The number of hydrogen-bond acceptors (Lipinski definition) is 4. The highest BCUT2D eigenvalue weighted by Gasteiger charge is 2.16. The van der Waals surface area contributed by atoms with Gasteiger partial charge in [-0.15, -0.1) is 0 Å². The number of sulfonamides is 1. The van der Waals surface area contributed by atoms with Crippen LogP contribution in [0.25, 0.3) is 0 Å². The lowest BCUT2D eigenvalue weighted by Crippen LogP contribution is -2.34. The van der Waals surface area contributed by atoms with Crippen molar-refractivity contribution in [1.29, 1.82) is 0 Å². The number of carbonyl (C=O) groups is 1. The van der Waals surface area contributed by atoms with Gasteiger partial charge in [-0.2, -0.15) is 0 Å². The number of nitrogens with one attached hydrogen (secondary N) is 3. The molecule has 0 radical (unpaired) electrons. The van der Waals surface area contributed by atoms with E-state index in [-0.39, 0.29) is 22.0 Å². The van der Waals surface area contributed by atoms with E-state index in [1.807, 2.05) is 13.8 Å². The monoisotopic (exact) mass is 413 g/mol. The summed E-state index contributed by atoms with van der Waals surface area (Å²) >= 11 is 5.14. The molecule has 8 heteroatoms. The number of unbranched alkanes of at least 4 members (excludes halogenated alkanes) is 4. The first-order valence-electron chi connectivity index (χ1n) is 9.51. The molecule has 0 bridgehead atoms. The fourth-order valence-corrected chi connectivity index (χ4v) is 3.93. The van der Waals surface area contributed by atoms with Crippen LogP contribution in [0.4, 0.5) is 5.69 Å². The number of thiocarbonyl (C=S) groups is 1. The van der Waals surface area contributed by atoms with Crippen LogP contribution in [-0.4, -0.2) is 25.5 Å². The van der Waals surface area contributed by atoms with Gasteiger partial charge in [0.1, 0.15) is 0 Å². The molecule has 0 saturated carbocycles. The molecular formula is C19H31N3O3S2. The largest absolute Gasteiger partial charge is 0.332 e. The van der Waals surface area contributed by atoms with E-state index in [1.54, 1.807) is 12.1 Å². The van der Waals surface area contributed by atoms with Crippen molar-refractivity contribution in [3.63, 3.8) is 0 Å². The maximum atomic E-state index is 12.2. The third-order valence-electron chi connectivity index (χ3n) is 4.15. The Morgan fingerprint density at radius 3 is 2.30 bits per heavy atom. The molecular weight excluding hydrogens is 382 g/mol. The molecule has 0 aromatic heterocycles. The van der Waals surface area contributed by atoms with Crippen LogP contribution in [0.5, 0.6) is 0 Å². The number of rotatable bonds is 11. The van der Waals surface area contributed by atoms with Crippen molar-refractivity contribution in [1.82, 2.24) is 10.0 Å². The number of hydrogen-bond donors (Lipinski definition) is 3. The summed E-state index contributed by atoms with van der Waals surface area (Å²) in [6.45, 7) is 5.89. The van der Waals surface area contributed by atoms with E-state index in [2.05, 4.69) is 22.3 Å². The molecule has 0 fully saturated rings. The molecule has 1 amide bonds. The third-order valence-corrected chi connectivity index (χ3v) is 5.96. The summed E-state index contributed by atoms with van der Waals surface area (Å²) in [7, 11) is -3.53. The van der Waals surface area contributed by atoms with Crippen LogP contribution >= 0.6 is 12.2 Å². The van der Waals surface area contributed by atoms with Gasteiger partial charge in [0.15, 0.2) is 5.11 Å². The molecule has 0 aliphatic carbocycles. The molecule has 1 rings (SSSR count). The van der Waals surface area contributed by atoms with Gasteiger partial charge in [-0.1, -0.05) is 39.5 Å². The fourth-order valence-electron chi connectivity index (χ4n) is 2.37. The second-order valence-electron chi connectivity index (χ2n) is 6.62. The van der Waals surface area contributed by atoms with Gasteiger partial charge >= 0.3 is 0 Å². The summed E-state index contributed by atoms with van der Waals surface area (Å²) in [5.41, 5.74) is 0.616. The quantitative estimate of drug-likeness (QED) is 0.378. The Balaban J connectivity index is 2.48. The summed E-state index contributed by atoms with van der Waals surface area (Å²) in [5, 5.41) is 5.76. The van der Waals surface area contributed by atoms with Crippen molar-refractivity contribution < 1.29 is 13.2 Å². The molecule has 0 spiro atoms. The zero-order valence-electron chi connectivity index (χ0n) is 16.4. The summed E-state index contributed by atoms with van der Waals surface area (Å²) < 4.78 is 27.1. The lowest BCUT2D eigenvalue weighted by Gasteiger charge is -2.13. The Hall–Kier alpha value is -1.51. The van der Waals surface area contributed by atoms with Crippen LogP contribution in [0.15, 0.2) is 29.2 Å². The van der Waals surface area contributed by atoms with Crippen LogP contribution in [0.1, 0.15) is 65.7 Å². The molecule has 27 heavy (non-hydrogen) atoms. The van der Waals surface area contributed by atoms with Crippen molar-refractivity contribution in [2.75, 3.05) is 5.32 Å². The van der Waals surface area contributed by atoms with Gasteiger partial charge in [-0.3, -0.25) is 4.79 Å². The van der Waals surface area contributed by atoms with Crippen molar-refractivity contribution in [3.05, 3.63) is 24.3 Å². The Morgan fingerprint density at radius 1 is 1.07 bits per heavy atom. The van der Waals surface area contributed by atoms with Crippen LogP contribution in [0.2, 0.25) is 0 Å². The average Bonchev–Trinajstić information content (AvgIpc) is 2.61. The van der Waals surface area contributed by atoms with Crippen molar-refractivity contribution >= 4 is 38.9 Å². The number of anilines is 1. The molecule has 1 atom stereocenters. The normalized spacial score (nSPS) is 12.4. The van der Waals surface area contributed by atoms with Crippen molar-refractivity contribution in [2.24, 2.45) is 0 Å². The van der Waals surface area contributed by atoms with E-state index < -0.39 is 10.0 Å². The van der Waals surface area contributed by atoms with Crippen LogP contribution < -0.4 is 15.4 Å². The Labute approximate surface area is 168 Å². The first-order chi connectivity index (χ1) is 12.8. The van der Waals surface area contributed by atoms with E-state index in [0.717, 1.165) is 19.3 Å². The molecule has 1 aromatic carbocycles. The number of carbonyl (C=O) groups excluding carboxylic acids is 1. The Kier molecular flexibility index (Phi) is 10.5. The van der Waals surface area contributed by atoms with Crippen LogP contribution in [0.3, 0.4) is 0 Å². The Bertz CT molecular complexity index is 703. The second-order valence-corrected chi connectivity index (χ2v) is 8.74. The fraction of sp³-hybridized carbons (Fsp3) is 0.579. The van der Waals surface area contributed by atoms with Gasteiger partial charge in [0, 0.05) is 18.2 Å². The highest BCUT2D eigenvalue weighted by atomic mass is 32.2. The minimum absolute atomic E-state index is 0.110. The topological polar surface area (TPSA) is 87.3 Å². The van der Waals surface area contributed by atoms with E-state index in [1.165, 1.54) is 25.0 Å². The molecule has 3 N–H and O–H groups in total. The maximum Gasteiger partial charge on any atom is 0.240 e. The molecule has 0 aliphatic heterocycles. The van der Waals surface area contributed by atoms with E-state index in [0.29, 0.717) is 18.5 Å². The van der Waals surface area contributed by atoms with E-state index in [4.69, 9.17) is 12.2 Å². The zero-order chi connectivity index (χ0) is 20.3. The predicted molar refractivity (Wildman–Crippen MR) is 114 cm³/mol. The highest BCUT2D eigenvalue weighted by molar-refractivity contribution is 7.89. The smallest absolute Gasteiger partial charge is 0.240 e. The van der Waals surface area contributed by atoms with Gasteiger partial charge in [0.05, 0.1) is 4.90 Å². The lowest BCUT2D eigenvalue weighted by atomic mass is 10.1. The summed E-state index contributed by atoms with van der Waals surface area (Å²) in [6, 6.07) is 6.12. The zero-order valence-corrected chi connectivity index (χ0v) is 18.0. The lowest BCUT2D eigenvalue weighted by molar-refractivity contribution is -0.119. The molecule has 0 heterocycles. The minimum atomic E-state index is -3.53. The molecule has 1 aromatic rings. The summed E-state index contributed by atoms with van der Waals surface area (Å²) in [4.78, 5) is 12.1. The third kappa shape index (κ3) is 9.30. The first-order valence-corrected chi connectivity index (χ1v) is 11.4. The van der Waals surface area contributed by atoms with Gasteiger partial charge in [0.25, 0.3) is 0 Å². The molecule has 0 aliphatic rings. The van der Waals surface area contributed by atoms with Crippen molar-refractivity contribution in [3.8, 4) is 0 Å². The second kappa shape index (κ2) is 12.0. The predicted octanol–water partition coefficient (Wildman–Crippen LogP) is 3.94. The molecule has 1 unspecified atom stereocenters. The molecule has 6 nitrogen and oxygen atoms in total.